The lowest BCUT2D eigenvalue weighted by Crippen LogP contribution is -2.18. The quantitative estimate of drug-likeness (QED) is 0.170. The van der Waals surface area contributed by atoms with Crippen LogP contribution in [0.15, 0.2) is 182 Å². The van der Waals surface area contributed by atoms with Gasteiger partial charge in [-0.3, -0.25) is 0 Å². The molecule has 0 heterocycles. The first kappa shape index (κ1) is 33.0. The fourth-order valence-electron chi connectivity index (χ4n) is 8.91. The van der Waals surface area contributed by atoms with Crippen molar-refractivity contribution in [1.82, 2.24) is 0 Å². The van der Waals surface area contributed by atoms with E-state index in [1.807, 2.05) is 0 Å². The third-order valence-electron chi connectivity index (χ3n) is 11.7. The van der Waals surface area contributed by atoms with E-state index >= 15 is 0 Å². The van der Waals surface area contributed by atoms with Crippen molar-refractivity contribution in [3.8, 4) is 11.1 Å². The standard InChI is InChI=1S/C53H42N2/c1-35-23-27-39(28-24-35)54(49-21-11-15-37-13-5-7-17-42(37)49)41-31-32-46-47(33-41)53(3,4)48-34-51(44-19-9-10-20-45(44)52(46)48)55(40-29-25-36(2)26-30-40)50-22-12-16-38-14-6-8-18-43(38)50/h5-34H,1-4H3. The third kappa shape index (κ3) is 5.32. The second kappa shape index (κ2) is 12.7. The molecule has 264 valence electrons. The predicted octanol–water partition coefficient (Wildman–Crippen LogP) is 15.0. The molecular formula is C53H42N2. The molecule has 0 radical (unpaired) electrons. The molecule has 0 unspecified atom stereocenters. The van der Waals surface area contributed by atoms with E-state index in [0.717, 1.165) is 17.1 Å². The first-order valence-corrected chi connectivity index (χ1v) is 19.3. The highest BCUT2D eigenvalue weighted by molar-refractivity contribution is 6.12. The Labute approximate surface area is 323 Å². The number of anilines is 6. The van der Waals surface area contributed by atoms with Gasteiger partial charge in [-0.05, 0) is 107 Å². The normalized spacial score (nSPS) is 12.9. The zero-order valence-electron chi connectivity index (χ0n) is 31.7. The lowest BCUT2D eigenvalue weighted by Gasteiger charge is -2.31. The van der Waals surface area contributed by atoms with Gasteiger partial charge in [-0.15, -0.1) is 0 Å². The van der Waals surface area contributed by atoms with Crippen molar-refractivity contribution < 1.29 is 0 Å². The number of nitrogens with zero attached hydrogens (tertiary/aromatic N) is 2. The van der Waals surface area contributed by atoms with Crippen LogP contribution in [0.2, 0.25) is 0 Å². The lowest BCUT2D eigenvalue weighted by atomic mass is 9.81. The fourth-order valence-corrected chi connectivity index (χ4v) is 8.91. The topological polar surface area (TPSA) is 6.48 Å². The number of hydrogen-bond donors (Lipinski definition) is 0. The molecule has 0 N–H and O–H groups in total. The molecule has 0 aromatic heterocycles. The molecule has 10 rings (SSSR count). The minimum Gasteiger partial charge on any atom is -0.310 e. The summed E-state index contributed by atoms with van der Waals surface area (Å²) in [7, 11) is 0. The Morgan fingerprint density at radius 3 is 1.44 bits per heavy atom. The summed E-state index contributed by atoms with van der Waals surface area (Å²) in [6.07, 6.45) is 0. The SMILES string of the molecule is Cc1ccc(N(c2ccc3c(c2)C(C)(C)c2cc(N(c4ccc(C)cc4)c4cccc5ccccc45)c4ccccc4c2-3)c2cccc3ccccc23)cc1. The highest BCUT2D eigenvalue weighted by atomic mass is 15.2. The van der Waals surface area contributed by atoms with Crippen LogP contribution < -0.4 is 9.80 Å². The molecule has 0 bridgehead atoms. The van der Waals surface area contributed by atoms with Crippen LogP contribution >= 0.6 is 0 Å². The van der Waals surface area contributed by atoms with Gasteiger partial charge in [0.15, 0.2) is 0 Å². The first-order valence-electron chi connectivity index (χ1n) is 19.3. The highest BCUT2D eigenvalue weighted by Crippen LogP contribution is 2.56. The van der Waals surface area contributed by atoms with Crippen molar-refractivity contribution in [1.29, 1.82) is 0 Å². The first-order chi connectivity index (χ1) is 26.9. The summed E-state index contributed by atoms with van der Waals surface area (Å²) < 4.78 is 0. The molecule has 9 aromatic carbocycles. The van der Waals surface area contributed by atoms with Gasteiger partial charge < -0.3 is 9.80 Å². The van der Waals surface area contributed by atoms with Crippen LogP contribution in [-0.4, -0.2) is 0 Å². The largest absolute Gasteiger partial charge is 0.310 e. The van der Waals surface area contributed by atoms with E-state index < -0.39 is 0 Å². The Kier molecular flexibility index (Phi) is 7.64. The van der Waals surface area contributed by atoms with Crippen LogP contribution in [0.25, 0.3) is 43.4 Å². The van der Waals surface area contributed by atoms with Crippen LogP contribution in [0.4, 0.5) is 34.1 Å². The number of benzene rings is 9. The van der Waals surface area contributed by atoms with Gasteiger partial charge in [0.1, 0.15) is 0 Å². The van der Waals surface area contributed by atoms with E-state index in [2.05, 4.69) is 219 Å². The summed E-state index contributed by atoms with van der Waals surface area (Å²) in [6.45, 7) is 9.12. The zero-order chi connectivity index (χ0) is 37.3. The summed E-state index contributed by atoms with van der Waals surface area (Å²) in [6, 6.07) is 67.3. The van der Waals surface area contributed by atoms with Crippen LogP contribution in [0.3, 0.4) is 0 Å². The van der Waals surface area contributed by atoms with Crippen LogP contribution in [0.5, 0.6) is 0 Å². The van der Waals surface area contributed by atoms with Crippen molar-refractivity contribution in [2.24, 2.45) is 0 Å². The molecule has 0 spiro atoms. The van der Waals surface area contributed by atoms with E-state index in [4.69, 9.17) is 0 Å². The van der Waals surface area contributed by atoms with Crippen molar-refractivity contribution >= 4 is 66.4 Å². The zero-order valence-corrected chi connectivity index (χ0v) is 31.7. The molecule has 0 aliphatic heterocycles. The Morgan fingerprint density at radius 1 is 0.364 bits per heavy atom. The minimum atomic E-state index is -0.269. The van der Waals surface area contributed by atoms with Crippen LogP contribution in [-0.2, 0) is 5.41 Å². The van der Waals surface area contributed by atoms with E-state index in [1.165, 1.54) is 82.8 Å². The maximum atomic E-state index is 2.49. The molecule has 9 aromatic rings. The molecule has 2 heteroatoms. The van der Waals surface area contributed by atoms with E-state index in [-0.39, 0.29) is 5.41 Å². The maximum absolute atomic E-state index is 2.49. The van der Waals surface area contributed by atoms with Crippen molar-refractivity contribution in [2.75, 3.05) is 9.80 Å². The Balaban J connectivity index is 1.20. The maximum Gasteiger partial charge on any atom is 0.0543 e. The molecule has 0 fully saturated rings. The van der Waals surface area contributed by atoms with Gasteiger partial charge in [-0.25, -0.2) is 0 Å². The van der Waals surface area contributed by atoms with E-state index in [9.17, 15) is 0 Å². The average Bonchev–Trinajstić information content (AvgIpc) is 3.45. The Hall–Kier alpha value is -6.64. The molecule has 55 heavy (non-hydrogen) atoms. The van der Waals surface area contributed by atoms with Crippen molar-refractivity contribution in [2.45, 2.75) is 33.1 Å². The molecular weight excluding hydrogens is 665 g/mol. The average molecular weight is 707 g/mol. The summed E-state index contributed by atoms with van der Waals surface area (Å²) >= 11 is 0. The second-order valence-corrected chi connectivity index (χ2v) is 15.6. The summed E-state index contributed by atoms with van der Waals surface area (Å²) in [5, 5.41) is 7.43. The number of hydrogen-bond acceptors (Lipinski definition) is 2. The van der Waals surface area contributed by atoms with Crippen molar-refractivity contribution in [3.63, 3.8) is 0 Å². The molecule has 0 saturated heterocycles. The second-order valence-electron chi connectivity index (χ2n) is 15.6. The third-order valence-corrected chi connectivity index (χ3v) is 11.7. The van der Waals surface area contributed by atoms with Gasteiger partial charge in [0, 0.05) is 38.6 Å². The van der Waals surface area contributed by atoms with Crippen molar-refractivity contribution in [3.05, 3.63) is 204 Å². The van der Waals surface area contributed by atoms with Gasteiger partial charge in [-0.1, -0.05) is 152 Å². The minimum absolute atomic E-state index is 0.269. The monoisotopic (exact) mass is 706 g/mol. The molecule has 0 atom stereocenters. The van der Waals surface area contributed by atoms with E-state index in [1.54, 1.807) is 0 Å². The van der Waals surface area contributed by atoms with Crippen LogP contribution in [0, 0.1) is 13.8 Å². The molecule has 2 nitrogen and oxygen atoms in total. The molecule has 1 aliphatic rings. The number of fused-ring (bicyclic) bond motifs is 7. The summed E-state index contributed by atoms with van der Waals surface area (Å²) in [5.41, 5.74) is 14.5. The van der Waals surface area contributed by atoms with E-state index in [0.29, 0.717) is 0 Å². The Morgan fingerprint density at radius 2 is 0.836 bits per heavy atom. The van der Waals surface area contributed by atoms with Gasteiger partial charge in [0.25, 0.3) is 0 Å². The Bertz CT molecular complexity index is 2910. The number of aryl methyl sites for hydroxylation is 2. The van der Waals surface area contributed by atoms with Gasteiger partial charge in [0.05, 0.1) is 17.1 Å². The van der Waals surface area contributed by atoms with Crippen LogP contribution in [0.1, 0.15) is 36.1 Å². The fraction of sp³-hybridized carbons (Fsp3) is 0.0943. The summed E-state index contributed by atoms with van der Waals surface area (Å²) in [5.74, 6) is 0. The molecule has 0 amide bonds. The van der Waals surface area contributed by atoms with Gasteiger partial charge in [-0.2, -0.15) is 0 Å². The summed E-state index contributed by atoms with van der Waals surface area (Å²) in [4.78, 5) is 4.92. The molecule has 1 aliphatic carbocycles. The predicted molar refractivity (Wildman–Crippen MR) is 235 cm³/mol. The van der Waals surface area contributed by atoms with Gasteiger partial charge in [0.2, 0.25) is 0 Å². The molecule has 0 saturated carbocycles. The number of rotatable bonds is 6. The smallest absolute Gasteiger partial charge is 0.0543 e. The lowest BCUT2D eigenvalue weighted by molar-refractivity contribution is 0.661. The van der Waals surface area contributed by atoms with Gasteiger partial charge >= 0.3 is 0 Å². The highest BCUT2D eigenvalue weighted by Gasteiger charge is 2.38.